The summed E-state index contributed by atoms with van der Waals surface area (Å²) < 4.78 is 48.1. The average Bonchev–Trinajstić information content (AvgIpc) is 3.43. The summed E-state index contributed by atoms with van der Waals surface area (Å²) in [7, 11) is -2.12. The maximum absolute atomic E-state index is 14.5. The van der Waals surface area contributed by atoms with Gasteiger partial charge in [-0.25, -0.2) is 17.5 Å². The Bertz CT molecular complexity index is 1410. The second kappa shape index (κ2) is 8.79. The fourth-order valence-electron chi connectivity index (χ4n) is 3.28. The molecule has 9 nitrogen and oxygen atoms in total. The predicted octanol–water partition coefficient (Wildman–Crippen LogP) is 3.43. The Hall–Kier alpha value is -4.12. The number of amides is 1. The van der Waals surface area contributed by atoms with Gasteiger partial charge < -0.3 is 14.6 Å². The summed E-state index contributed by atoms with van der Waals surface area (Å²) in [6, 6.07) is 14.2. The summed E-state index contributed by atoms with van der Waals surface area (Å²) in [4.78, 5) is 13.1. The molecule has 2 aromatic carbocycles. The molecule has 4 aromatic rings. The molecule has 2 aromatic heterocycles. The Balaban J connectivity index is 1.70. The zero-order valence-corrected chi connectivity index (χ0v) is 18.5. The minimum Gasteiger partial charge on any atom is -0.494 e. The molecule has 0 aliphatic rings. The number of hydrogen-bond acceptors (Lipinski definition) is 5. The molecular formula is C22H20FN5O4S. The Labute approximate surface area is 189 Å². The maximum Gasteiger partial charge on any atom is 0.261 e. The molecule has 0 unspecified atom stereocenters. The molecule has 0 bridgehead atoms. The van der Waals surface area contributed by atoms with E-state index in [1.54, 1.807) is 47.3 Å². The van der Waals surface area contributed by atoms with Crippen LogP contribution in [0, 0.1) is 5.82 Å². The number of nitrogens with zero attached hydrogens (tertiary/aromatic N) is 3. The van der Waals surface area contributed by atoms with Gasteiger partial charge in [-0.15, -0.1) is 0 Å². The van der Waals surface area contributed by atoms with Gasteiger partial charge >= 0.3 is 0 Å². The number of halogens is 1. The fraction of sp³-hybridized carbons (Fsp3) is 0.0909. The summed E-state index contributed by atoms with van der Waals surface area (Å²) in [6.07, 6.45) is 5.83. The van der Waals surface area contributed by atoms with E-state index in [4.69, 9.17) is 4.74 Å². The van der Waals surface area contributed by atoms with Crippen molar-refractivity contribution < 1.29 is 22.3 Å². The molecular weight excluding hydrogens is 449 g/mol. The first-order chi connectivity index (χ1) is 15.8. The van der Waals surface area contributed by atoms with E-state index < -0.39 is 21.7 Å². The zero-order valence-electron chi connectivity index (χ0n) is 17.7. The van der Waals surface area contributed by atoms with Crippen molar-refractivity contribution in [3.05, 3.63) is 84.6 Å². The largest absolute Gasteiger partial charge is 0.494 e. The molecule has 1 amide bonds. The van der Waals surface area contributed by atoms with Crippen LogP contribution in [-0.4, -0.2) is 42.0 Å². The molecule has 0 saturated heterocycles. The third-order valence-corrected chi connectivity index (χ3v) is 5.26. The van der Waals surface area contributed by atoms with Crippen molar-refractivity contribution in [3.63, 3.8) is 0 Å². The minimum absolute atomic E-state index is 0.193. The van der Waals surface area contributed by atoms with Gasteiger partial charge in [0.1, 0.15) is 22.8 Å². The molecule has 0 atom stereocenters. The van der Waals surface area contributed by atoms with Gasteiger partial charge in [0.2, 0.25) is 10.0 Å². The minimum atomic E-state index is -3.51. The molecule has 4 rings (SSSR count). The lowest BCUT2D eigenvalue weighted by Gasteiger charge is -2.13. The van der Waals surface area contributed by atoms with Gasteiger partial charge in [0.15, 0.2) is 5.82 Å². The van der Waals surface area contributed by atoms with Crippen molar-refractivity contribution in [1.82, 2.24) is 14.3 Å². The van der Waals surface area contributed by atoms with Gasteiger partial charge in [-0.05, 0) is 36.4 Å². The standard InChI is InChI=1S/C22H20FN5O4S/c1-32-20-13-15(9-10-18(20)26-33(2,30)31)25-21(29)16-14-24-28(19-8-4-3-7-17(19)23)22(16)27-11-5-6-12-27/h3-14,26H,1-2H3,(H,25,29). The number of sulfonamides is 1. The maximum atomic E-state index is 14.5. The predicted molar refractivity (Wildman–Crippen MR) is 122 cm³/mol. The van der Waals surface area contributed by atoms with E-state index >= 15 is 0 Å². The highest BCUT2D eigenvalue weighted by atomic mass is 32.2. The number of carbonyl (C=O) groups is 1. The molecule has 0 spiro atoms. The highest BCUT2D eigenvalue weighted by molar-refractivity contribution is 7.92. The van der Waals surface area contributed by atoms with Crippen LogP contribution in [-0.2, 0) is 10.0 Å². The third-order valence-electron chi connectivity index (χ3n) is 4.67. The monoisotopic (exact) mass is 469 g/mol. The van der Waals surface area contributed by atoms with Crippen molar-refractivity contribution in [2.75, 3.05) is 23.4 Å². The first kappa shape index (κ1) is 22.1. The van der Waals surface area contributed by atoms with Gasteiger partial charge in [-0.1, -0.05) is 12.1 Å². The van der Waals surface area contributed by atoms with Gasteiger partial charge in [0.25, 0.3) is 5.91 Å². The van der Waals surface area contributed by atoms with Crippen molar-refractivity contribution in [2.45, 2.75) is 0 Å². The first-order valence-electron chi connectivity index (χ1n) is 9.70. The average molecular weight is 469 g/mol. The smallest absolute Gasteiger partial charge is 0.261 e. The molecule has 0 radical (unpaired) electrons. The number of anilines is 2. The molecule has 0 aliphatic heterocycles. The van der Waals surface area contributed by atoms with Crippen molar-refractivity contribution in [3.8, 4) is 17.3 Å². The van der Waals surface area contributed by atoms with Crippen LogP contribution in [0.15, 0.2) is 73.2 Å². The Morgan fingerprint density at radius 2 is 1.82 bits per heavy atom. The van der Waals surface area contributed by atoms with Crippen LogP contribution in [0.4, 0.5) is 15.8 Å². The van der Waals surface area contributed by atoms with Gasteiger partial charge in [0.05, 0.1) is 25.2 Å². The van der Waals surface area contributed by atoms with E-state index in [9.17, 15) is 17.6 Å². The number of nitrogens with one attached hydrogen (secondary N) is 2. The number of benzene rings is 2. The lowest BCUT2D eigenvalue weighted by molar-refractivity contribution is 0.102. The number of para-hydroxylation sites is 1. The second-order valence-electron chi connectivity index (χ2n) is 7.08. The lowest BCUT2D eigenvalue weighted by atomic mass is 10.2. The van der Waals surface area contributed by atoms with E-state index in [0.29, 0.717) is 11.5 Å². The van der Waals surface area contributed by atoms with Crippen LogP contribution in [0.2, 0.25) is 0 Å². The number of ether oxygens (including phenoxy) is 1. The number of aromatic nitrogens is 3. The molecule has 0 saturated carbocycles. The Kier molecular flexibility index (Phi) is 5.88. The van der Waals surface area contributed by atoms with E-state index in [-0.39, 0.29) is 22.7 Å². The second-order valence-corrected chi connectivity index (χ2v) is 8.83. The first-order valence-corrected chi connectivity index (χ1v) is 11.6. The van der Waals surface area contributed by atoms with E-state index in [0.717, 1.165) is 6.26 Å². The van der Waals surface area contributed by atoms with Crippen LogP contribution in [0.5, 0.6) is 5.75 Å². The quantitative estimate of drug-likeness (QED) is 0.431. The van der Waals surface area contributed by atoms with Gasteiger partial charge in [0, 0.05) is 24.1 Å². The summed E-state index contributed by atoms with van der Waals surface area (Å²) in [6.45, 7) is 0. The van der Waals surface area contributed by atoms with Crippen LogP contribution in [0.3, 0.4) is 0 Å². The van der Waals surface area contributed by atoms with E-state index in [2.05, 4.69) is 15.1 Å². The van der Waals surface area contributed by atoms with Crippen LogP contribution in [0.1, 0.15) is 10.4 Å². The molecule has 2 N–H and O–H groups in total. The molecule has 0 aliphatic carbocycles. The van der Waals surface area contributed by atoms with Crippen LogP contribution < -0.4 is 14.8 Å². The van der Waals surface area contributed by atoms with E-state index in [1.165, 1.54) is 42.3 Å². The van der Waals surface area contributed by atoms with Gasteiger partial charge in [-0.3, -0.25) is 9.52 Å². The molecule has 11 heteroatoms. The van der Waals surface area contributed by atoms with Gasteiger partial charge in [-0.2, -0.15) is 5.10 Å². The lowest BCUT2D eigenvalue weighted by Crippen LogP contribution is -2.16. The van der Waals surface area contributed by atoms with Crippen molar-refractivity contribution >= 4 is 27.3 Å². The van der Waals surface area contributed by atoms with E-state index in [1.807, 2.05) is 0 Å². The summed E-state index contributed by atoms with van der Waals surface area (Å²) in [5, 5.41) is 7.00. The number of hydrogen-bond donors (Lipinski definition) is 2. The fourth-order valence-corrected chi connectivity index (χ4v) is 3.85. The summed E-state index contributed by atoms with van der Waals surface area (Å²) in [5.41, 5.74) is 0.997. The Morgan fingerprint density at radius 3 is 2.48 bits per heavy atom. The topological polar surface area (TPSA) is 107 Å². The van der Waals surface area contributed by atoms with Crippen molar-refractivity contribution in [2.24, 2.45) is 0 Å². The molecule has 0 fully saturated rings. The molecule has 2 heterocycles. The number of carbonyl (C=O) groups excluding carboxylic acids is 1. The number of methoxy groups -OCH3 is 1. The molecule has 33 heavy (non-hydrogen) atoms. The van der Waals surface area contributed by atoms with Crippen molar-refractivity contribution in [1.29, 1.82) is 0 Å². The number of rotatable bonds is 7. The Morgan fingerprint density at radius 1 is 1.09 bits per heavy atom. The molecule has 170 valence electrons. The zero-order chi connectivity index (χ0) is 23.6. The third kappa shape index (κ3) is 4.72. The van der Waals surface area contributed by atoms with Crippen LogP contribution in [0.25, 0.3) is 11.5 Å². The SMILES string of the molecule is COc1cc(NC(=O)c2cnn(-c3ccccc3F)c2-n2cccc2)ccc1NS(C)(=O)=O. The highest BCUT2D eigenvalue weighted by Gasteiger charge is 2.22. The summed E-state index contributed by atoms with van der Waals surface area (Å²) >= 11 is 0. The summed E-state index contributed by atoms with van der Waals surface area (Å²) in [5.74, 6) is -0.400. The van der Waals surface area contributed by atoms with Crippen LogP contribution >= 0.6 is 0 Å². The normalized spacial score (nSPS) is 11.2. The highest BCUT2D eigenvalue weighted by Crippen LogP contribution is 2.29.